The van der Waals surface area contributed by atoms with E-state index in [1.165, 1.54) is 16.7 Å². The zero-order valence-electron chi connectivity index (χ0n) is 22.6. The molecule has 1 atom stereocenters. The minimum Gasteiger partial charge on any atom is -0.444 e. The van der Waals surface area contributed by atoms with E-state index in [0.29, 0.717) is 6.54 Å². The van der Waals surface area contributed by atoms with Gasteiger partial charge in [0.25, 0.3) is 0 Å². The lowest BCUT2D eigenvalue weighted by Crippen LogP contribution is -2.36. The Bertz CT molecular complexity index is 1500. The number of imidazole rings is 1. The standard InChI is InChI=1S/C32H33N5O2/c1-32(2,3)39-31(38)37-17-5-7-29(37)30-35-20-28(36-30)24-14-12-22(13-15-24)21-8-10-23(11-9-21)25-18-27(34-19-25)26-6-4-16-33-26/h4,8-16,19-20,29H,5-7,17-18H2,1-3H3,(H,35,36). The van der Waals surface area contributed by atoms with Gasteiger partial charge in [-0.1, -0.05) is 54.6 Å². The number of rotatable bonds is 5. The van der Waals surface area contributed by atoms with Crippen molar-refractivity contribution < 1.29 is 9.53 Å². The van der Waals surface area contributed by atoms with Crippen LogP contribution in [0.15, 0.2) is 83.2 Å². The maximum atomic E-state index is 12.7. The molecule has 198 valence electrons. The second kappa shape index (κ2) is 10.1. The van der Waals surface area contributed by atoms with Crippen LogP contribution < -0.4 is 0 Å². The fourth-order valence-corrected chi connectivity index (χ4v) is 5.29. The molecule has 7 heteroatoms. The first kappa shape index (κ1) is 25.0. The molecule has 4 heterocycles. The van der Waals surface area contributed by atoms with Gasteiger partial charge >= 0.3 is 6.09 Å². The number of aromatic amines is 1. The van der Waals surface area contributed by atoms with Gasteiger partial charge < -0.3 is 9.72 Å². The largest absolute Gasteiger partial charge is 0.444 e. The third-order valence-electron chi connectivity index (χ3n) is 7.29. The Hall–Kier alpha value is -4.26. The normalized spacial score (nSPS) is 18.8. The smallest absolute Gasteiger partial charge is 0.410 e. The van der Waals surface area contributed by atoms with Crippen molar-refractivity contribution >= 4 is 23.1 Å². The van der Waals surface area contributed by atoms with Crippen molar-refractivity contribution in [3.05, 3.63) is 84.6 Å². The third-order valence-corrected chi connectivity index (χ3v) is 7.29. The topological polar surface area (TPSA) is 82.9 Å². The third kappa shape index (κ3) is 5.35. The van der Waals surface area contributed by atoms with Crippen LogP contribution >= 0.6 is 0 Å². The molecule has 7 nitrogen and oxygen atoms in total. The number of aromatic nitrogens is 2. The lowest BCUT2D eigenvalue weighted by atomic mass is 9.97. The molecule has 1 fully saturated rings. The molecule has 1 N–H and O–H groups in total. The minimum absolute atomic E-state index is 0.0920. The highest BCUT2D eigenvalue weighted by molar-refractivity contribution is 6.45. The Morgan fingerprint density at radius 2 is 1.64 bits per heavy atom. The molecule has 1 unspecified atom stereocenters. The molecule has 39 heavy (non-hydrogen) atoms. The number of hydrogen-bond donors (Lipinski definition) is 1. The van der Waals surface area contributed by atoms with Crippen LogP contribution in [0.2, 0.25) is 0 Å². The monoisotopic (exact) mass is 519 g/mol. The van der Waals surface area contributed by atoms with E-state index >= 15 is 0 Å². The number of carbonyl (C=O) groups excluding carboxylic acids is 1. The summed E-state index contributed by atoms with van der Waals surface area (Å²) >= 11 is 0. The number of likely N-dealkylation sites (tertiary alicyclic amines) is 1. The summed E-state index contributed by atoms with van der Waals surface area (Å²) in [6.45, 7) is 6.35. The number of nitrogens with one attached hydrogen (secondary N) is 1. The van der Waals surface area contributed by atoms with Crippen LogP contribution in [0.1, 0.15) is 63.9 Å². The first-order valence-corrected chi connectivity index (χ1v) is 13.6. The average molecular weight is 520 g/mol. The molecule has 0 saturated carbocycles. The van der Waals surface area contributed by atoms with Gasteiger partial charge in [-0.2, -0.15) is 0 Å². The maximum absolute atomic E-state index is 12.7. The minimum atomic E-state index is -0.519. The molecule has 3 aromatic rings. The van der Waals surface area contributed by atoms with Crippen LogP contribution in [0.4, 0.5) is 4.79 Å². The van der Waals surface area contributed by atoms with Gasteiger partial charge in [0.2, 0.25) is 0 Å². The van der Waals surface area contributed by atoms with E-state index in [2.05, 4.69) is 74.6 Å². The summed E-state index contributed by atoms with van der Waals surface area (Å²) in [6, 6.07) is 17.1. The number of H-pyrrole nitrogens is 1. The first-order chi connectivity index (χ1) is 18.8. The number of benzene rings is 2. The summed E-state index contributed by atoms with van der Waals surface area (Å²) in [5.74, 6) is 0.803. The van der Waals surface area contributed by atoms with Crippen molar-refractivity contribution in [2.24, 2.45) is 9.98 Å². The summed E-state index contributed by atoms with van der Waals surface area (Å²) in [7, 11) is 0. The average Bonchev–Trinajstić information content (AvgIpc) is 3.74. The molecule has 1 saturated heterocycles. The van der Waals surface area contributed by atoms with Crippen molar-refractivity contribution in [1.29, 1.82) is 0 Å². The highest BCUT2D eigenvalue weighted by Crippen LogP contribution is 2.33. The van der Waals surface area contributed by atoms with Crippen molar-refractivity contribution in [3.63, 3.8) is 0 Å². The van der Waals surface area contributed by atoms with E-state index < -0.39 is 5.60 Å². The number of ether oxygens (including phenoxy) is 1. The molecular weight excluding hydrogens is 486 g/mol. The second-order valence-corrected chi connectivity index (χ2v) is 11.2. The van der Waals surface area contributed by atoms with Gasteiger partial charge in [0.15, 0.2) is 0 Å². The van der Waals surface area contributed by atoms with Crippen molar-refractivity contribution in [2.75, 3.05) is 6.54 Å². The summed E-state index contributed by atoms with van der Waals surface area (Å²) < 4.78 is 5.61. The van der Waals surface area contributed by atoms with Crippen LogP contribution in [0.25, 0.3) is 28.0 Å². The van der Waals surface area contributed by atoms with E-state index in [9.17, 15) is 4.79 Å². The number of carbonyl (C=O) groups is 1. The Kier molecular flexibility index (Phi) is 6.51. The Morgan fingerprint density at radius 1 is 0.949 bits per heavy atom. The molecule has 0 spiro atoms. The molecule has 1 aromatic heterocycles. The number of allylic oxidation sites excluding steroid dienone is 2. The number of nitrogens with zero attached hydrogens (tertiary/aromatic N) is 4. The lowest BCUT2D eigenvalue weighted by Gasteiger charge is -2.27. The Balaban J connectivity index is 1.11. The van der Waals surface area contributed by atoms with Gasteiger partial charge in [0.1, 0.15) is 11.4 Å². The zero-order chi connectivity index (χ0) is 27.0. The van der Waals surface area contributed by atoms with Crippen LogP contribution in [0.3, 0.4) is 0 Å². The molecule has 6 rings (SSSR count). The van der Waals surface area contributed by atoms with Gasteiger partial charge in [-0.05, 0) is 61.4 Å². The zero-order valence-corrected chi connectivity index (χ0v) is 22.6. The van der Waals surface area contributed by atoms with E-state index in [0.717, 1.165) is 59.8 Å². The van der Waals surface area contributed by atoms with Crippen LogP contribution in [0, 0.1) is 0 Å². The predicted octanol–water partition coefficient (Wildman–Crippen LogP) is 7.36. The Labute approximate surface area is 229 Å². The molecule has 1 amide bonds. The maximum Gasteiger partial charge on any atom is 0.410 e. The molecule has 0 aliphatic carbocycles. The fraction of sp³-hybridized carbons (Fsp3) is 0.312. The highest BCUT2D eigenvalue weighted by atomic mass is 16.6. The van der Waals surface area contributed by atoms with E-state index in [1.54, 1.807) is 4.90 Å². The SMILES string of the molecule is CC(C)(C)OC(=O)N1CCCC1c1ncc(-c2ccc(-c3ccc(C4=CN=C(C5=NC=CC5)C4)cc3)cc2)[nH]1. The van der Waals surface area contributed by atoms with E-state index in [4.69, 9.17) is 4.74 Å². The molecular formula is C32H33N5O2. The van der Waals surface area contributed by atoms with Gasteiger partial charge in [0, 0.05) is 31.8 Å². The summed E-state index contributed by atoms with van der Waals surface area (Å²) in [5.41, 5.74) is 8.36. The summed E-state index contributed by atoms with van der Waals surface area (Å²) in [6.07, 6.45) is 11.0. The van der Waals surface area contributed by atoms with Crippen molar-refractivity contribution in [2.45, 2.75) is 58.1 Å². The number of aliphatic imine (C=N–C) groups is 2. The number of hydrogen-bond acceptors (Lipinski definition) is 5. The summed E-state index contributed by atoms with van der Waals surface area (Å²) in [5, 5.41) is 0. The predicted molar refractivity (Wildman–Crippen MR) is 156 cm³/mol. The quantitative estimate of drug-likeness (QED) is 0.382. The van der Waals surface area contributed by atoms with Gasteiger partial charge in [-0.25, -0.2) is 9.78 Å². The molecule has 2 aromatic carbocycles. The first-order valence-electron chi connectivity index (χ1n) is 13.6. The molecule has 0 bridgehead atoms. The van der Waals surface area contributed by atoms with Gasteiger partial charge in [0.05, 0.1) is 29.4 Å². The number of amides is 1. The van der Waals surface area contributed by atoms with E-state index in [1.807, 2.05) is 39.4 Å². The summed E-state index contributed by atoms with van der Waals surface area (Å²) in [4.78, 5) is 31.6. The van der Waals surface area contributed by atoms with E-state index in [-0.39, 0.29) is 12.1 Å². The molecule has 3 aliphatic rings. The van der Waals surface area contributed by atoms with Crippen LogP contribution in [0.5, 0.6) is 0 Å². The van der Waals surface area contributed by atoms with Crippen LogP contribution in [-0.4, -0.2) is 44.5 Å². The van der Waals surface area contributed by atoms with Crippen LogP contribution in [-0.2, 0) is 4.74 Å². The fourth-order valence-electron chi connectivity index (χ4n) is 5.29. The highest BCUT2D eigenvalue weighted by Gasteiger charge is 2.34. The van der Waals surface area contributed by atoms with Gasteiger partial charge in [-0.15, -0.1) is 0 Å². The Morgan fingerprint density at radius 3 is 2.31 bits per heavy atom. The lowest BCUT2D eigenvalue weighted by molar-refractivity contribution is 0.0218. The van der Waals surface area contributed by atoms with Crippen molar-refractivity contribution in [1.82, 2.24) is 14.9 Å². The molecule has 0 radical (unpaired) electrons. The van der Waals surface area contributed by atoms with Gasteiger partial charge in [-0.3, -0.25) is 14.9 Å². The second-order valence-electron chi connectivity index (χ2n) is 11.2. The molecule has 3 aliphatic heterocycles. The van der Waals surface area contributed by atoms with Crippen molar-refractivity contribution in [3.8, 4) is 22.4 Å².